The first-order valence-corrected chi connectivity index (χ1v) is 6.81. The molecule has 0 saturated carbocycles. The summed E-state index contributed by atoms with van der Waals surface area (Å²) in [5, 5.41) is 14.7. The number of carboxylic acid groups (broad SMARTS) is 1. The third kappa shape index (κ3) is 4.09. The van der Waals surface area contributed by atoms with E-state index in [-0.39, 0.29) is 6.04 Å². The summed E-state index contributed by atoms with van der Waals surface area (Å²) in [6, 6.07) is -0.409. The maximum atomic E-state index is 11.9. The highest BCUT2D eigenvalue weighted by Crippen LogP contribution is 2.21. The number of urea groups is 1. The third-order valence-electron chi connectivity index (χ3n) is 3.96. The van der Waals surface area contributed by atoms with Crippen molar-refractivity contribution in [3.05, 3.63) is 0 Å². The van der Waals surface area contributed by atoms with Gasteiger partial charge in [-0.2, -0.15) is 0 Å². The number of carbonyl (C=O) groups is 2. The molecule has 1 fully saturated rings. The van der Waals surface area contributed by atoms with Crippen LogP contribution in [-0.4, -0.2) is 41.9 Å². The molecule has 1 aliphatic rings. The van der Waals surface area contributed by atoms with Crippen LogP contribution in [0.4, 0.5) is 4.79 Å². The summed E-state index contributed by atoms with van der Waals surface area (Å²) >= 11 is 0. The van der Waals surface area contributed by atoms with Gasteiger partial charge in [0.25, 0.3) is 0 Å². The van der Waals surface area contributed by atoms with E-state index in [2.05, 4.69) is 17.6 Å². The van der Waals surface area contributed by atoms with Gasteiger partial charge >= 0.3 is 12.0 Å². The number of rotatable bonds is 5. The fourth-order valence-electron chi connectivity index (χ4n) is 2.07. The normalized spacial score (nSPS) is 21.2. The lowest BCUT2D eigenvalue weighted by atomic mass is 9.90. The van der Waals surface area contributed by atoms with Crippen molar-refractivity contribution < 1.29 is 19.4 Å². The molecule has 6 nitrogen and oxygen atoms in total. The minimum absolute atomic E-state index is 0.00989. The minimum atomic E-state index is -1.20. The highest BCUT2D eigenvalue weighted by atomic mass is 16.5. The van der Waals surface area contributed by atoms with E-state index >= 15 is 0 Å². The Morgan fingerprint density at radius 1 is 1.32 bits per heavy atom. The molecule has 2 atom stereocenters. The molecule has 0 bridgehead atoms. The van der Waals surface area contributed by atoms with Crippen molar-refractivity contribution in [2.24, 2.45) is 5.92 Å². The SMILES string of the molecule is CCC(C)C(C)NC(=O)NC1(C(=O)O)CCOCC1. The predicted octanol–water partition coefficient (Wildman–Crippen LogP) is 1.35. The molecule has 1 rings (SSSR count). The van der Waals surface area contributed by atoms with Crippen molar-refractivity contribution in [1.82, 2.24) is 10.6 Å². The van der Waals surface area contributed by atoms with E-state index in [1.54, 1.807) is 0 Å². The van der Waals surface area contributed by atoms with Gasteiger partial charge in [-0.15, -0.1) is 0 Å². The van der Waals surface area contributed by atoms with Gasteiger partial charge in [0.2, 0.25) is 0 Å². The second kappa shape index (κ2) is 6.75. The molecule has 3 N–H and O–H groups in total. The van der Waals surface area contributed by atoms with E-state index in [1.165, 1.54) is 0 Å². The Bertz CT molecular complexity index is 327. The molecule has 1 saturated heterocycles. The van der Waals surface area contributed by atoms with Crippen molar-refractivity contribution in [3.8, 4) is 0 Å². The fourth-order valence-corrected chi connectivity index (χ4v) is 2.07. The quantitative estimate of drug-likeness (QED) is 0.705. The van der Waals surface area contributed by atoms with Crippen molar-refractivity contribution >= 4 is 12.0 Å². The van der Waals surface area contributed by atoms with Crippen LogP contribution in [0.2, 0.25) is 0 Å². The lowest BCUT2D eigenvalue weighted by molar-refractivity contribution is -0.148. The Hall–Kier alpha value is -1.30. The zero-order chi connectivity index (χ0) is 14.5. The molecule has 110 valence electrons. The monoisotopic (exact) mass is 272 g/mol. The second-order valence-electron chi connectivity index (χ2n) is 5.27. The van der Waals surface area contributed by atoms with Gasteiger partial charge in [-0.25, -0.2) is 9.59 Å². The lowest BCUT2D eigenvalue weighted by Gasteiger charge is -2.34. The van der Waals surface area contributed by atoms with Crippen LogP contribution >= 0.6 is 0 Å². The molecule has 0 radical (unpaired) electrons. The highest BCUT2D eigenvalue weighted by molar-refractivity contribution is 5.86. The first-order chi connectivity index (χ1) is 8.91. The molecule has 0 aromatic carbocycles. The van der Waals surface area contributed by atoms with Crippen molar-refractivity contribution in [2.45, 2.75) is 51.6 Å². The first-order valence-electron chi connectivity index (χ1n) is 6.81. The average molecular weight is 272 g/mol. The summed E-state index contributed by atoms with van der Waals surface area (Å²) in [5.41, 5.74) is -1.20. The Morgan fingerprint density at radius 2 is 1.89 bits per heavy atom. The number of ether oxygens (including phenoxy) is 1. The Morgan fingerprint density at radius 3 is 2.37 bits per heavy atom. The molecule has 0 aromatic heterocycles. The molecule has 2 unspecified atom stereocenters. The predicted molar refractivity (Wildman–Crippen MR) is 71.0 cm³/mol. The summed E-state index contributed by atoms with van der Waals surface area (Å²) in [7, 11) is 0. The van der Waals surface area contributed by atoms with E-state index in [0.717, 1.165) is 6.42 Å². The van der Waals surface area contributed by atoms with E-state index in [1.807, 2.05) is 13.8 Å². The summed E-state index contributed by atoms with van der Waals surface area (Å²) in [5.74, 6) is -0.650. The Labute approximate surface area is 113 Å². The average Bonchev–Trinajstić information content (AvgIpc) is 2.38. The molecule has 0 aliphatic carbocycles. The molecule has 0 spiro atoms. The number of hydrogen-bond acceptors (Lipinski definition) is 3. The van der Waals surface area contributed by atoms with Crippen molar-refractivity contribution in [1.29, 1.82) is 0 Å². The van der Waals surface area contributed by atoms with Crippen LogP contribution in [0, 0.1) is 5.92 Å². The fraction of sp³-hybridized carbons (Fsp3) is 0.846. The van der Waals surface area contributed by atoms with E-state index in [4.69, 9.17) is 4.74 Å². The Kier molecular flexibility index (Phi) is 5.60. The van der Waals surface area contributed by atoms with E-state index in [0.29, 0.717) is 32.0 Å². The molecule has 1 aliphatic heterocycles. The summed E-state index contributed by atoms with van der Waals surface area (Å²) in [6.45, 7) is 6.73. The van der Waals surface area contributed by atoms with Crippen LogP contribution < -0.4 is 10.6 Å². The van der Waals surface area contributed by atoms with Crippen LogP contribution in [0.1, 0.15) is 40.0 Å². The van der Waals surface area contributed by atoms with Crippen molar-refractivity contribution in [2.75, 3.05) is 13.2 Å². The molecular weight excluding hydrogens is 248 g/mol. The summed E-state index contributed by atoms with van der Waals surface area (Å²) < 4.78 is 5.16. The van der Waals surface area contributed by atoms with Crippen LogP contribution in [0.5, 0.6) is 0 Å². The lowest BCUT2D eigenvalue weighted by Crippen LogP contribution is -2.60. The smallest absolute Gasteiger partial charge is 0.329 e. The van der Waals surface area contributed by atoms with Gasteiger partial charge in [0, 0.05) is 32.1 Å². The number of carboxylic acids is 1. The molecular formula is C13H24N2O4. The number of amides is 2. The van der Waals surface area contributed by atoms with E-state index in [9.17, 15) is 14.7 Å². The zero-order valence-corrected chi connectivity index (χ0v) is 11.9. The molecule has 1 heterocycles. The van der Waals surface area contributed by atoms with Gasteiger partial charge in [0.05, 0.1) is 0 Å². The van der Waals surface area contributed by atoms with Crippen LogP contribution in [-0.2, 0) is 9.53 Å². The van der Waals surface area contributed by atoms with E-state index < -0.39 is 17.5 Å². The highest BCUT2D eigenvalue weighted by Gasteiger charge is 2.41. The maximum absolute atomic E-state index is 11.9. The zero-order valence-electron chi connectivity index (χ0n) is 11.9. The largest absolute Gasteiger partial charge is 0.480 e. The van der Waals surface area contributed by atoms with Crippen LogP contribution in [0.3, 0.4) is 0 Å². The molecule has 6 heteroatoms. The maximum Gasteiger partial charge on any atom is 0.329 e. The first kappa shape index (κ1) is 15.8. The number of carbonyl (C=O) groups excluding carboxylic acids is 1. The second-order valence-corrected chi connectivity index (χ2v) is 5.27. The standard InChI is InChI=1S/C13H24N2O4/c1-4-9(2)10(3)14-12(18)15-13(11(16)17)5-7-19-8-6-13/h9-10H,4-8H2,1-3H3,(H,16,17)(H2,14,15,18). The van der Waals surface area contributed by atoms with Crippen LogP contribution in [0.25, 0.3) is 0 Å². The van der Waals surface area contributed by atoms with Gasteiger partial charge < -0.3 is 20.5 Å². The number of aliphatic carboxylic acids is 1. The molecule has 2 amide bonds. The van der Waals surface area contributed by atoms with Gasteiger partial charge in [0.1, 0.15) is 5.54 Å². The van der Waals surface area contributed by atoms with Gasteiger partial charge in [-0.1, -0.05) is 20.3 Å². The van der Waals surface area contributed by atoms with Crippen LogP contribution in [0.15, 0.2) is 0 Å². The molecule has 19 heavy (non-hydrogen) atoms. The summed E-state index contributed by atoms with van der Waals surface area (Å²) in [6.07, 6.45) is 1.56. The molecule has 0 aromatic rings. The Balaban J connectivity index is 2.59. The topological polar surface area (TPSA) is 87.7 Å². The third-order valence-corrected chi connectivity index (χ3v) is 3.96. The van der Waals surface area contributed by atoms with Gasteiger partial charge in [-0.05, 0) is 12.8 Å². The van der Waals surface area contributed by atoms with Gasteiger partial charge in [0.15, 0.2) is 0 Å². The summed E-state index contributed by atoms with van der Waals surface area (Å²) in [4.78, 5) is 23.3. The number of nitrogens with one attached hydrogen (secondary N) is 2. The minimum Gasteiger partial charge on any atom is -0.480 e. The van der Waals surface area contributed by atoms with Gasteiger partial charge in [-0.3, -0.25) is 0 Å². The number of hydrogen-bond donors (Lipinski definition) is 3. The van der Waals surface area contributed by atoms with Crippen molar-refractivity contribution in [3.63, 3.8) is 0 Å².